The highest BCUT2D eigenvalue weighted by Gasteiger charge is 2.12. The van der Waals surface area contributed by atoms with Crippen molar-refractivity contribution in [2.45, 2.75) is 19.6 Å². The highest BCUT2D eigenvalue weighted by molar-refractivity contribution is 5.81. The third-order valence-corrected chi connectivity index (χ3v) is 0.995. The van der Waals surface area contributed by atoms with Crippen molar-refractivity contribution in [3.63, 3.8) is 0 Å². The molecular weight excluding hydrogens is 162 g/mol. The van der Waals surface area contributed by atoms with Crippen molar-refractivity contribution in [1.29, 1.82) is 0 Å². The third kappa shape index (κ3) is 4.32. The van der Waals surface area contributed by atoms with Crippen molar-refractivity contribution in [3.05, 3.63) is 12.7 Å². The largest absolute Gasteiger partial charge is 0.422 e. The van der Waals surface area contributed by atoms with E-state index in [1.807, 2.05) is 0 Å². The summed E-state index contributed by atoms with van der Waals surface area (Å²) in [6.07, 6.45) is -0.568. The quantitative estimate of drug-likeness (QED) is 0.382. The lowest BCUT2D eigenvalue weighted by atomic mass is 10.5. The maximum Gasteiger partial charge on any atom is 0.407 e. The Balaban J connectivity index is 3.90. The summed E-state index contributed by atoms with van der Waals surface area (Å²) in [5.41, 5.74) is 4.71. The van der Waals surface area contributed by atoms with Crippen LogP contribution < -0.4 is 5.73 Å². The SMILES string of the molecule is C=CC(=O)OC(CC)OC(N)=O. The number of carbonyl (C=O) groups is 2. The van der Waals surface area contributed by atoms with Gasteiger partial charge in [-0.15, -0.1) is 0 Å². The maximum absolute atomic E-state index is 10.6. The van der Waals surface area contributed by atoms with Gasteiger partial charge in [-0.05, 0) is 0 Å². The van der Waals surface area contributed by atoms with E-state index in [9.17, 15) is 9.59 Å². The summed E-state index contributed by atoms with van der Waals surface area (Å²) >= 11 is 0. The predicted molar refractivity (Wildman–Crippen MR) is 41.0 cm³/mol. The molecule has 1 unspecified atom stereocenters. The molecule has 0 saturated heterocycles. The lowest BCUT2D eigenvalue weighted by Gasteiger charge is -2.13. The van der Waals surface area contributed by atoms with Crippen LogP contribution in [0.3, 0.4) is 0 Å². The molecule has 0 fully saturated rings. The monoisotopic (exact) mass is 173 g/mol. The van der Waals surface area contributed by atoms with Gasteiger partial charge in [0.2, 0.25) is 6.29 Å². The summed E-state index contributed by atoms with van der Waals surface area (Å²) in [6, 6.07) is 0. The van der Waals surface area contributed by atoms with Crippen LogP contribution in [0, 0.1) is 0 Å². The van der Waals surface area contributed by atoms with E-state index in [2.05, 4.69) is 16.1 Å². The Morgan fingerprint density at radius 2 is 2.17 bits per heavy atom. The fourth-order valence-corrected chi connectivity index (χ4v) is 0.498. The van der Waals surface area contributed by atoms with Gasteiger partial charge in [0, 0.05) is 12.5 Å². The Hall–Kier alpha value is -1.52. The summed E-state index contributed by atoms with van der Waals surface area (Å²) in [4.78, 5) is 20.8. The minimum Gasteiger partial charge on any atom is -0.422 e. The number of rotatable bonds is 4. The molecule has 2 N–H and O–H groups in total. The second-order valence-corrected chi connectivity index (χ2v) is 1.92. The van der Waals surface area contributed by atoms with E-state index in [1.54, 1.807) is 6.92 Å². The number of amides is 1. The van der Waals surface area contributed by atoms with Crippen molar-refractivity contribution in [3.8, 4) is 0 Å². The topological polar surface area (TPSA) is 78.6 Å². The minimum absolute atomic E-state index is 0.350. The molecule has 0 aromatic heterocycles. The molecule has 68 valence electrons. The molecule has 0 aliphatic heterocycles. The molecule has 0 rings (SSSR count). The molecular formula is C7H11NO4. The molecule has 0 aromatic carbocycles. The Labute approximate surface area is 70.1 Å². The van der Waals surface area contributed by atoms with Gasteiger partial charge in [-0.3, -0.25) is 0 Å². The van der Waals surface area contributed by atoms with Crippen molar-refractivity contribution in [1.82, 2.24) is 0 Å². The van der Waals surface area contributed by atoms with Gasteiger partial charge in [-0.1, -0.05) is 13.5 Å². The van der Waals surface area contributed by atoms with E-state index in [0.29, 0.717) is 6.42 Å². The Morgan fingerprint density at radius 3 is 2.50 bits per heavy atom. The van der Waals surface area contributed by atoms with Gasteiger partial charge in [0.25, 0.3) is 0 Å². The molecule has 0 aliphatic carbocycles. The zero-order chi connectivity index (χ0) is 9.56. The van der Waals surface area contributed by atoms with Crippen LogP contribution in [-0.2, 0) is 14.3 Å². The van der Waals surface area contributed by atoms with Crippen LogP contribution >= 0.6 is 0 Å². The average molecular weight is 173 g/mol. The van der Waals surface area contributed by atoms with E-state index in [0.717, 1.165) is 6.08 Å². The Kier molecular flexibility index (Phi) is 4.52. The van der Waals surface area contributed by atoms with Crippen molar-refractivity contribution in [2.75, 3.05) is 0 Å². The zero-order valence-electron chi connectivity index (χ0n) is 6.78. The van der Waals surface area contributed by atoms with Gasteiger partial charge >= 0.3 is 12.1 Å². The first kappa shape index (κ1) is 10.5. The van der Waals surface area contributed by atoms with Gasteiger partial charge in [-0.25, -0.2) is 9.59 Å². The third-order valence-electron chi connectivity index (χ3n) is 0.995. The van der Waals surface area contributed by atoms with E-state index in [1.165, 1.54) is 0 Å². The number of esters is 1. The lowest BCUT2D eigenvalue weighted by molar-refractivity contribution is -0.161. The molecule has 5 heteroatoms. The Bertz CT molecular complexity index is 190. The second kappa shape index (κ2) is 5.17. The number of hydrogen-bond donors (Lipinski definition) is 1. The van der Waals surface area contributed by atoms with Crippen LogP contribution in [0.25, 0.3) is 0 Å². The van der Waals surface area contributed by atoms with Crippen LogP contribution in [0.5, 0.6) is 0 Å². The molecule has 12 heavy (non-hydrogen) atoms. The maximum atomic E-state index is 10.6. The first-order valence-electron chi connectivity index (χ1n) is 3.39. The van der Waals surface area contributed by atoms with Crippen molar-refractivity contribution < 1.29 is 19.1 Å². The molecule has 0 aliphatic rings. The molecule has 1 atom stereocenters. The lowest BCUT2D eigenvalue weighted by Crippen LogP contribution is -2.26. The first-order chi connectivity index (χ1) is 5.60. The second-order valence-electron chi connectivity index (χ2n) is 1.92. The number of ether oxygens (including phenoxy) is 2. The summed E-state index contributed by atoms with van der Waals surface area (Å²) in [7, 11) is 0. The molecule has 0 aromatic rings. The van der Waals surface area contributed by atoms with Crippen LogP contribution in [-0.4, -0.2) is 18.4 Å². The van der Waals surface area contributed by atoms with E-state index in [4.69, 9.17) is 5.73 Å². The molecule has 0 saturated carbocycles. The van der Waals surface area contributed by atoms with Gasteiger partial charge in [0.15, 0.2) is 0 Å². The zero-order valence-corrected chi connectivity index (χ0v) is 6.78. The van der Waals surface area contributed by atoms with Crippen molar-refractivity contribution >= 4 is 12.1 Å². The predicted octanol–water partition coefficient (Wildman–Crippen LogP) is 0.547. The fraction of sp³-hybridized carbons (Fsp3) is 0.429. The molecule has 0 bridgehead atoms. The van der Waals surface area contributed by atoms with Crippen LogP contribution in [0.1, 0.15) is 13.3 Å². The van der Waals surface area contributed by atoms with Crippen LogP contribution in [0.4, 0.5) is 4.79 Å². The number of carbonyl (C=O) groups excluding carboxylic acids is 2. The summed E-state index contributed by atoms with van der Waals surface area (Å²) in [5.74, 6) is -0.650. The van der Waals surface area contributed by atoms with E-state index < -0.39 is 18.4 Å². The number of hydrogen-bond acceptors (Lipinski definition) is 4. The highest BCUT2D eigenvalue weighted by atomic mass is 16.7. The van der Waals surface area contributed by atoms with Gasteiger partial charge in [0.1, 0.15) is 0 Å². The first-order valence-corrected chi connectivity index (χ1v) is 3.39. The van der Waals surface area contributed by atoms with Gasteiger partial charge in [0.05, 0.1) is 0 Å². The Morgan fingerprint density at radius 1 is 1.58 bits per heavy atom. The average Bonchev–Trinajstić information content (AvgIpc) is 2.02. The van der Waals surface area contributed by atoms with E-state index >= 15 is 0 Å². The number of primary amides is 1. The van der Waals surface area contributed by atoms with Crippen LogP contribution in [0.15, 0.2) is 12.7 Å². The molecule has 1 amide bonds. The summed E-state index contributed by atoms with van der Waals surface area (Å²) in [6.45, 7) is 4.87. The summed E-state index contributed by atoms with van der Waals surface area (Å²) < 4.78 is 9.00. The number of nitrogens with two attached hydrogens (primary N) is 1. The van der Waals surface area contributed by atoms with Crippen LogP contribution in [0.2, 0.25) is 0 Å². The molecule has 0 spiro atoms. The minimum atomic E-state index is -0.973. The standard InChI is InChI=1S/C7H11NO4/c1-3-5(9)11-6(4-2)12-7(8)10/h3,6H,1,4H2,2H3,(H2,8,10). The van der Waals surface area contributed by atoms with Gasteiger partial charge in [-0.2, -0.15) is 0 Å². The molecule has 5 nitrogen and oxygen atoms in total. The van der Waals surface area contributed by atoms with Gasteiger partial charge < -0.3 is 15.2 Å². The van der Waals surface area contributed by atoms with Crippen molar-refractivity contribution in [2.24, 2.45) is 5.73 Å². The highest BCUT2D eigenvalue weighted by Crippen LogP contribution is 2.00. The summed E-state index contributed by atoms with van der Waals surface area (Å²) in [5, 5.41) is 0. The van der Waals surface area contributed by atoms with E-state index in [-0.39, 0.29) is 0 Å². The smallest absolute Gasteiger partial charge is 0.407 e. The normalized spacial score (nSPS) is 11.4. The molecule has 0 heterocycles. The fourth-order valence-electron chi connectivity index (χ4n) is 0.498. The molecule has 0 radical (unpaired) electrons.